The fourth-order valence-corrected chi connectivity index (χ4v) is 3.68. The number of nitrogens with zero attached hydrogens (tertiary/aromatic N) is 3. The molecule has 10 nitrogen and oxygen atoms in total. The average molecular weight is 590 g/mol. The number of carbonyl (C=O) groups excluding carboxylic acids is 2. The molecule has 3 aromatic rings. The van der Waals surface area contributed by atoms with Gasteiger partial charge in [0.2, 0.25) is 0 Å². The first-order valence-electron chi connectivity index (χ1n) is 12.1. The van der Waals surface area contributed by atoms with Gasteiger partial charge in [-0.1, -0.05) is 24.3 Å². The molecule has 14 heteroatoms. The summed E-state index contributed by atoms with van der Waals surface area (Å²) in [7, 11) is 0. The summed E-state index contributed by atoms with van der Waals surface area (Å²) >= 11 is 1.16. The zero-order valence-corrected chi connectivity index (χ0v) is 23.0. The Kier molecular flexibility index (Phi) is 13.5. The van der Waals surface area contributed by atoms with Crippen LogP contribution in [0.3, 0.4) is 0 Å². The highest BCUT2D eigenvalue weighted by Gasteiger charge is 2.31. The molecule has 1 aromatic carbocycles. The number of benzene rings is 1. The molecule has 0 aliphatic carbocycles. The Hall–Kier alpha value is -4.72. The van der Waals surface area contributed by atoms with Crippen molar-refractivity contribution in [3.8, 4) is 5.75 Å². The van der Waals surface area contributed by atoms with Crippen LogP contribution in [0, 0.1) is 0 Å². The number of alkyl halides is 3. The molecule has 0 saturated heterocycles. The van der Waals surface area contributed by atoms with E-state index in [-0.39, 0.29) is 18.4 Å². The molecule has 0 unspecified atom stereocenters. The molecule has 0 fully saturated rings. The highest BCUT2D eigenvalue weighted by atomic mass is 32.1. The second kappa shape index (κ2) is 17.1. The Balaban J connectivity index is 0.000000353. The van der Waals surface area contributed by atoms with Gasteiger partial charge in [0, 0.05) is 31.2 Å². The molecular weight excluding hydrogens is 559 g/mol. The molecule has 0 atom stereocenters. The van der Waals surface area contributed by atoms with Gasteiger partial charge in [-0.15, -0.1) is 24.5 Å². The molecule has 4 N–H and O–H groups in total. The maximum atomic E-state index is 12.4. The Bertz CT molecular complexity index is 1300. The number of ether oxygens (including phenoxy) is 1. The number of aromatic nitrogens is 2. The first-order valence-corrected chi connectivity index (χ1v) is 13.0. The van der Waals surface area contributed by atoms with Crippen LogP contribution in [0.15, 0.2) is 83.6 Å². The molecule has 3 amide bonds. The number of carbonyl (C=O) groups is 2. The Labute approximate surface area is 239 Å². The number of nitrogens with one attached hydrogen (secondary N) is 4. The Morgan fingerprint density at radius 1 is 1.12 bits per heavy atom. The smallest absolute Gasteiger partial charge is 0.406 e. The second-order valence-corrected chi connectivity index (χ2v) is 8.75. The van der Waals surface area contributed by atoms with E-state index in [1.54, 1.807) is 24.0 Å². The maximum absolute atomic E-state index is 12.4. The minimum atomic E-state index is -4.76. The van der Waals surface area contributed by atoms with Gasteiger partial charge >= 0.3 is 12.4 Å². The largest absolute Gasteiger partial charge is 0.573 e. The minimum Gasteiger partial charge on any atom is -0.406 e. The predicted molar refractivity (Wildman–Crippen MR) is 154 cm³/mol. The van der Waals surface area contributed by atoms with Gasteiger partial charge in [-0.25, -0.2) is 9.78 Å². The van der Waals surface area contributed by atoms with Crippen LogP contribution < -0.4 is 26.0 Å². The number of allylic oxidation sites excluding steroid dienone is 2. The molecule has 2 heterocycles. The zero-order chi connectivity index (χ0) is 30.1. The fraction of sp³-hybridized carbons (Fsp3) is 0.222. The summed E-state index contributed by atoms with van der Waals surface area (Å²) in [5.74, 6) is -0.309. The van der Waals surface area contributed by atoms with Gasteiger partial charge in [-0.05, 0) is 62.0 Å². The van der Waals surface area contributed by atoms with Gasteiger partial charge in [-0.2, -0.15) is 0 Å². The van der Waals surface area contributed by atoms with Crippen LogP contribution in [0.25, 0.3) is 0 Å². The van der Waals surface area contributed by atoms with Crippen molar-refractivity contribution in [2.75, 3.05) is 23.8 Å². The van der Waals surface area contributed by atoms with Crippen LogP contribution in [0.4, 0.5) is 29.5 Å². The third-order valence-electron chi connectivity index (χ3n) is 5.01. The van der Waals surface area contributed by atoms with E-state index in [0.717, 1.165) is 41.0 Å². The number of thiazole rings is 1. The van der Waals surface area contributed by atoms with Gasteiger partial charge in [-0.3, -0.25) is 14.8 Å². The maximum Gasteiger partial charge on any atom is 0.573 e. The lowest BCUT2D eigenvalue weighted by Gasteiger charge is -2.10. The van der Waals surface area contributed by atoms with Gasteiger partial charge in [0.25, 0.3) is 5.91 Å². The number of amides is 3. The van der Waals surface area contributed by atoms with E-state index in [1.807, 2.05) is 25.1 Å². The van der Waals surface area contributed by atoms with Crippen LogP contribution in [0.5, 0.6) is 5.75 Å². The molecule has 0 radical (unpaired) electrons. The van der Waals surface area contributed by atoms with E-state index in [0.29, 0.717) is 29.5 Å². The normalized spacial score (nSPS) is 10.9. The molecule has 3 rings (SSSR count). The summed E-state index contributed by atoms with van der Waals surface area (Å²) in [6, 6.07) is 8.34. The van der Waals surface area contributed by atoms with Crippen molar-refractivity contribution < 1.29 is 27.5 Å². The van der Waals surface area contributed by atoms with E-state index in [2.05, 4.69) is 54.3 Å². The number of hydrogen-bond acceptors (Lipinski definition) is 8. The highest BCUT2D eigenvalue weighted by Crippen LogP contribution is 2.25. The lowest BCUT2D eigenvalue weighted by Crippen LogP contribution is -2.34. The number of pyridine rings is 1. The molecular formula is C27H30F3N7O3S. The lowest BCUT2D eigenvalue weighted by atomic mass is 10.2. The molecule has 0 aliphatic heterocycles. The molecule has 0 aliphatic rings. The van der Waals surface area contributed by atoms with Gasteiger partial charge in [0.15, 0.2) is 0 Å². The monoisotopic (exact) mass is 589 g/mol. The van der Waals surface area contributed by atoms with Crippen LogP contribution >= 0.6 is 11.3 Å². The number of anilines is 2. The molecule has 0 bridgehead atoms. The van der Waals surface area contributed by atoms with Crippen LogP contribution in [-0.4, -0.2) is 48.2 Å². The van der Waals surface area contributed by atoms with Crippen molar-refractivity contribution >= 4 is 41.5 Å². The Morgan fingerprint density at radius 3 is 2.44 bits per heavy atom. The second-order valence-electron chi connectivity index (χ2n) is 7.90. The molecule has 0 saturated carbocycles. The lowest BCUT2D eigenvalue weighted by molar-refractivity contribution is -0.274. The van der Waals surface area contributed by atoms with E-state index in [4.69, 9.17) is 0 Å². The number of hydrogen-bond donors (Lipinski definition) is 4. The number of urea groups is 1. The predicted octanol–water partition coefficient (Wildman–Crippen LogP) is 5.77. The number of halogens is 3. The van der Waals surface area contributed by atoms with Gasteiger partial charge in [0.1, 0.15) is 23.1 Å². The highest BCUT2D eigenvalue weighted by molar-refractivity contribution is 7.12. The van der Waals surface area contributed by atoms with Crippen molar-refractivity contribution in [2.24, 2.45) is 4.99 Å². The van der Waals surface area contributed by atoms with E-state index < -0.39 is 12.3 Å². The molecule has 41 heavy (non-hydrogen) atoms. The van der Waals surface area contributed by atoms with Crippen molar-refractivity contribution in [1.29, 1.82) is 0 Å². The van der Waals surface area contributed by atoms with E-state index in [1.165, 1.54) is 12.1 Å². The summed E-state index contributed by atoms with van der Waals surface area (Å²) in [6.45, 7) is 10.2. The standard InChI is InChI=1S/C18H18F3N3O2S.C9H12N4O/c1-3-12(4-2)9-10-22-16-15(27-11-23-16)17(25)24-13-5-7-14(8-6-13)26-18(19,20)21;1-10-7-13-9(14)12-6-8-2-4-11-5-3-8/h3-8,11,22H,1,9-10H2,2H3,(H,24,25);2-5H,1,6-7H2,(H2,12,13,14)/b12-4+;. The van der Waals surface area contributed by atoms with Crippen molar-refractivity contribution in [1.82, 2.24) is 20.6 Å². The first kappa shape index (κ1) is 32.5. The summed E-state index contributed by atoms with van der Waals surface area (Å²) in [4.78, 5) is 35.3. The first-order chi connectivity index (χ1) is 19.6. The summed E-state index contributed by atoms with van der Waals surface area (Å²) in [5.41, 5.74) is 3.96. The summed E-state index contributed by atoms with van der Waals surface area (Å²) in [5, 5.41) is 10.9. The quantitative estimate of drug-likeness (QED) is 0.157. The molecule has 2 aromatic heterocycles. The third-order valence-corrected chi connectivity index (χ3v) is 5.84. The van der Waals surface area contributed by atoms with Crippen LogP contribution in [0.1, 0.15) is 28.6 Å². The van der Waals surface area contributed by atoms with Crippen molar-refractivity contribution in [3.05, 3.63) is 89.0 Å². The fourth-order valence-electron chi connectivity index (χ4n) is 3.02. The molecule has 0 spiro atoms. The Morgan fingerprint density at radius 2 is 1.83 bits per heavy atom. The molecule has 218 valence electrons. The SMILES string of the molecule is C=C/C(=C\C)CCNc1ncsc1C(=O)Nc1ccc(OC(F)(F)F)cc1.C=NCNC(=O)NCc1ccncc1. The number of rotatable bonds is 12. The zero-order valence-electron chi connectivity index (χ0n) is 22.2. The van der Waals surface area contributed by atoms with Crippen molar-refractivity contribution in [3.63, 3.8) is 0 Å². The van der Waals surface area contributed by atoms with E-state index in [9.17, 15) is 22.8 Å². The minimum absolute atomic E-state index is 0.224. The average Bonchev–Trinajstić information content (AvgIpc) is 3.43. The summed E-state index contributed by atoms with van der Waals surface area (Å²) in [6.07, 6.45) is 3.06. The van der Waals surface area contributed by atoms with Crippen LogP contribution in [-0.2, 0) is 6.54 Å². The third kappa shape index (κ3) is 12.8. The topological polar surface area (TPSA) is 130 Å². The number of aliphatic imine (C=N–C) groups is 1. The van der Waals surface area contributed by atoms with Crippen LogP contribution in [0.2, 0.25) is 0 Å². The van der Waals surface area contributed by atoms with E-state index >= 15 is 0 Å². The van der Waals surface area contributed by atoms with Crippen molar-refractivity contribution in [2.45, 2.75) is 26.3 Å². The summed E-state index contributed by atoms with van der Waals surface area (Å²) < 4.78 is 40.3. The van der Waals surface area contributed by atoms with Gasteiger partial charge < -0.3 is 26.0 Å². The van der Waals surface area contributed by atoms with Gasteiger partial charge in [0.05, 0.1) is 5.51 Å².